The van der Waals surface area contributed by atoms with E-state index in [1.165, 1.54) is 0 Å². The van der Waals surface area contributed by atoms with Crippen molar-refractivity contribution in [3.63, 3.8) is 0 Å². The first-order chi connectivity index (χ1) is 8.72. The maximum atomic E-state index is 12.2. The molecule has 1 aromatic heterocycles. The first-order valence-corrected chi connectivity index (χ1v) is 7.14. The Balaban J connectivity index is 2.67. The van der Waals surface area contributed by atoms with Gasteiger partial charge in [0.1, 0.15) is 6.61 Å². The maximum absolute atomic E-state index is 12.2. The van der Waals surface area contributed by atoms with E-state index < -0.39 is 0 Å². The number of alkyl halides is 1. The van der Waals surface area contributed by atoms with Crippen LogP contribution in [-0.4, -0.2) is 41.5 Å². The van der Waals surface area contributed by atoms with Gasteiger partial charge < -0.3 is 14.2 Å². The summed E-state index contributed by atoms with van der Waals surface area (Å²) in [5.41, 5.74) is 0.346. The van der Waals surface area contributed by atoms with Gasteiger partial charge in [-0.1, -0.05) is 34.4 Å². The second-order valence-electron chi connectivity index (χ2n) is 3.95. The number of methoxy groups -OCH3 is 1. The van der Waals surface area contributed by atoms with Crippen LogP contribution in [0.15, 0.2) is 10.6 Å². The zero-order valence-electron chi connectivity index (χ0n) is 10.8. The summed E-state index contributed by atoms with van der Waals surface area (Å²) in [7, 11) is 1.57. The highest BCUT2D eigenvalue weighted by Gasteiger charge is 2.19. The molecular formula is C12H19BrN2O3. The van der Waals surface area contributed by atoms with Gasteiger partial charge in [-0.05, 0) is 6.42 Å². The van der Waals surface area contributed by atoms with Crippen molar-refractivity contribution in [1.82, 2.24) is 10.1 Å². The molecule has 0 atom stereocenters. The fourth-order valence-electron chi connectivity index (χ4n) is 1.55. The molecule has 1 amide bonds. The maximum Gasteiger partial charge on any atom is 0.276 e. The second-order valence-corrected chi connectivity index (χ2v) is 4.74. The van der Waals surface area contributed by atoms with E-state index in [4.69, 9.17) is 9.26 Å². The molecule has 0 bridgehead atoms. The third kappa shape index (κ3) is 4.42. The predicted octanol–water partition coefficient (Wildman–Crippen LogP) is 2.46. The number of amides is 1. The molecule has 0 radical (unpaired) electrons. The summed E-state index contributed by atoms with van der Waals surface area (Å²) < 4.78 is 9.95. The molecule has 0 aliphatic carbocycles. The van der Waals surface area contributed by atoms with Crippen LogP contribution in [0.3, 0.4) is 0 Å². The number of halogens is 1. The zero-order valence-corrected chi connectivity index (χ0v) is 12.4. The zero-order chi connectivity index (χ0) is 13.4. The van der Waals surface area contributed by atoms with Gasteiger partial charge >= 0.3 is 0 Å². The minimum absolute atomic E-state index is 0.0889. The Kier molecular flexibility index (Phi) is 6.97. The Bertz CT molecular complexity index is 368. The number of unbranched alkanes of at least 4 members (excludes halogenated alkanes) is 1. The van der Waals surface area contributed by atoms with Crippen molar-refractivity contribution >= 4 is 21.8 Å². The number of hydrogen-bond acceptors (Lipinski definition) is 4. The predicted molar refractivity (Wildman–Crippen MR) is 71.8 cm³/mol. The average molecular weight is 319 g/mol. The second kappa shape index (κ2) is 8.26. The summed E-state index contributed by atoms with van der Waals surface area (Å²) in [6.07, 6.45) is 2.04. The van der Waals surface area contributed by atoms with Crippen molar-refractivity contribution in [3.8, 4) is 0 Å². The Hall–Kier alpha value is -0.880. The van der Waals surface area contributed by atoms with Crippen LogP contribution in [0.1, 0.15) is 36.0 Å². The smallest absolute Gasteiger partial charge is 0.276 e. The average Bonchev–Trinajstić information content (AvgIpc) is 2.83. The summed E-state index contributed by atoms with van der Waals surface area (Å²) in [6.45, 7) is 3.84. The van der Waals surface area contributed by atoms with E-state index in [1.54, 1.807) is 18.1 Å². The lowest BCUT2D eigenvalue weighted by atomic mass is 10.2. The molecule has 1 aromatic rings. The van der Waals surface area contributed by atoms with Gasteiger partial charge in [0.05, 0.1) is 0 Å². The lowest BCUT2D eigenvalue weighted by Gasteiger charge is -2.19. The van der Waals surface area contributed by atoms with E-state index in [0.29, 0.717) is 24.6 Å². The van der Waals surface area contributed by atoms with Crippen molar-refractivity contribution in [2.24, 2.45) is 0 Å². The van der Waals surface area contributed by atoms with Gasteiger partial charge in [0.15, 0.2) is 11.5 Å². The number of carbonyl (C=O) groups is 1. The molecule has 5 nitrogen and oxygen atoms in total. The molecule has 102 valence electrons. The largest absolute Gasteiger partial charge is 0.377 e. The Morgan fingerprint density at radius 3 is 2.94 bits per heavy atom. The molecular weight excluding hydrogens is 300 g/mol. The number of rotatable bonds is 8. The van der Waals surface area contributed by atoms with Crippen molar-refractivity contribution in [3.05, 3.63) is 17.5 Å². The summed E-state index contributed by atoms with van der Waals surface area (Å²) in [5, 5.41) is 4.54. The summed E-state index contributed by atoms with van der Waals surface area (Å²) in [4.78, 5) is 14.0. The lowest BCUT2D eigenvalue weighted by molar-refractivity contribution is 0.0753. The van der Waals surface area contributed by atoms with Crippen LogP contribution >= 0.6 is 15.9 Å². The molecule has 0 unspecified atom stereocenters. The third-order valence-electron chi connectivity index (χ3n) is 2.49. The Labute approximate surface area is 116 Å². The molecule has 0 N–H and O–H groups in total. The van der Waals surface area contributed by atoms with Crippen LogP contribution in [0.25, 0.3) is 0 Å². The monoisotopic (exact) mass is 318 g/mol. The lowest BCUT2D eigenvalue weighted by Crippen LogP contribution is -2.33. The van der Waals surface area contributed by atoms with Gasteiger partial charge in [-0.2, -0.15) is 0 Å². The third-order valence-corrected chi connectivity index (χ3v) is 2.84. The highest BCUT2D eigenvalue weighted by atomic mass is 79.9. The standard InChI is InChI=1S/C12H19BrN2O3/c1-3-4-6-15(7-5-13)12(16)11-8-10(9-17-2)18-14-11/h8H,3-7,9H2,1-2H3. The summed E-state index contributed by atoms with van der Waals surface area (Å²) in [6, 6.07) is 1.64. The molecule has 0 spiro atoms. The van der Waals surface area contributed by atoms with Gasteiger partial charge in [-0.25, -0.2) is 0 Å². The summed E-state index contributed by atoms with van der Waals surface area (Å²) >= 11 is 3.36. The van der Waals surface area contributed by atoms with Gasteiger partial charge in [0.25, 0.3) is 5.91 Å². The quantitative estimate of drug-likeness (QED) is 0.691. The molecule has 0 fully saturated rings. The number of hydrogen-bond donors (Lipinski definition) is 0. The van der Waals surface area contributed by atoms with Gasteiger partial charge in [0.2, 0.25) is 0 Å². The first-order valence-electron chi connectivity index (χ1n) is 6.02. The number of nitrogens with zero attached hydrogens (tertiary/aromatic N) is 2. The van der Waals surface area contributed by atoms with Crippen molar-refractivity contribution in [1.29, 1.82) is 0 Å². The van der Waals surface area contributed by atoms with Gasteiger partial charge in [-0.3, -0.25) is 4.79 Å². The molecule has 1 heterocycles. The summed E-state index contributed by atoms with van der Waals surface area (Å²) in [5.74, 6) is 0.476. The topological polar surface area (TPSA) is 55.6 Å². The highest BCUT2D eigenvalue weighted by molar-refractivity contribution is 9.09. The Morgan fingerprint density at radius 2 is 2.33 bits per heavy atom. The number of aromatic nitrogens is 1. The van der Waals surface area contributed by atoms with E-state index in [2.05, 4.69) is 28.0 Å². The van der Waals surface area contributed by atoms with Crippen molar-refractivity contribution in [2.75, 3.05) is 25.5 Å². The molecule has 6 heteroatoms. The highest BCUT2D eigenvalue weighted by Crippen LogP contribution is 2.09. The number of ether oxygens (including phenoxy) is 1. The van der Waals surface area contributed by atoms with Crippen LogP contribution in [0.2, 0.25) is 0 Å². The van der Waals surface area contributed by atoms with E-state index in [0.717, 1.165) is 24.7 Å². The van der Waals surface area contributed by atoms with Crippen molar-refractivity contribution < 1.29 is 14.1 Å². The van der Waals surface area contributed by atoms with E-state index in [9.17, 15) is 4.79 Å². The molecule has 0 aliphatic rings. The molecule has 0 saturated heterocycles. The normalized spacial score (nSPS) is 10.6. The number of carbonyl (C=O) groups excluding carboxylic acids is 1. The van der Waals surface area contributed by atoms with Crippen LogP contribution in [0.4, 0.5) is 0 Å². The van der Waals surface area contributed by atoms with Crippen LogP contribution in [0, 0.1) is 0 Å². The Morgan fingerprint density at radius 1 is 1.56 bits per heavy atom. The fraction of sp³-hybridized carbons (Fsp3) is 0.667. The fourth-order valence-corrected chi connectivity index (χ4v) is 1.98. The first kappa shape index (κ1) is 15.2. The van der Waals surface area contributed by atoms with E-state index >= 15 is 0 Å². The van der Waals surface area contributed by atoms with E-state index in [1.807, 2.05) is 0 Å². The minimum atomic E-state index is -0.0889. The van der Waals surface area contributed by atoms with Gasteiger partial charge in [-0.15, -0.1) is 0 Å². The molecule has 1 rings (SSSR count). The van der Waals surface area contributed by atoms with Crippen LogP contribution in [0.5, 0.6) is 0 Å². The molecule has 0 aromatic carbocycles. The molecule has 18 heavy (non-hydrogen) atoms. The minimum Gasteiger partial charge on any atom is -0.377 e. The van der Waals surface area contributed by atoms with Crippen molar-refractivity contribution in [2.45, 2.75) is 26.4 Å². The van der Waals surface area contributed by atoms with Crippen LogP contribution < -0.4 is 0 Å². The molecule has 0 aliphatic heterocycles. The van der Waals surface area contributed by atoms with Gasteiger partial charge in [0, 0.05) is 31.6 Å². The molecule has 0 saturated carbocycles. The van der Waals surface area contributed by atoms with E-state index in [-0.39, 0.29) is 5.91 Å². The van der Waals surface area contributed by atoms with Crippen LogP contribution in [-0.2, 0) is 11.3 Å². The SMILES string of the molecule is CCCCN(CCBr)C(=O)c1cc(COC)on1.